The number of piperazine rings is 1. The van der Waals surface area contributed by atoms with Crippen LogP contribution in [-0.2, 0) is 11.3 Å². The Morgan fingerprint density at radius 3 is 2.74 bits per heavy atom. The summed E-state index contributed by atoms with van der Waals surface area (Å²) < 4.78 is 6.42. The van der Waals surface area contributed by atoms with Gasteiger partial charge in [-0.15, -0.1) is 11.3 Å². The molecular weight excluding hydrogens is 382 g/mol. The second kappa shape index (κ2) is 10.1. The van der Waals surface area contributed by atoms with Crippen LogP contribution in [0.25, 0.3) is 0 Å². The summed E-state index contributed by atoms with van der Waals surface area (Å²) >= 11 is 7.72. The molecule has 2 fully saturated rings. The molecule has 2 aliphatic rings. The molecule has 0 bridgehead atoms. The molecule has 2 atom stereocenters. The molecule has 152 valence electrons. The summed E-state index contributed by atoms with van der Waals surface area (Å²) in [7, 11) is 1.88. The Kier molecular flexibility index (Phi) is 7.78. The minimum atomic E-state index is 0.463. The molecule has 0 aliphatic carbocycles. The van der Waals surface area contributed by atoms with E-state index in [1.165, 1.54) is 4.88 Å². The highest BCUT2D eigenvalue weighted by Gasteiger charge is 2.25. The summed E-state index contributed by atoms with van der Waals surface area (Å²) in [5.74, 6) is 1.02. The zero-order chi connectivity index (χ0) is 19.2. The fraction of sp³-hybridized carbons (Fsp3) is 0.737. The van der Waals surface area contributed by atoms with Gasteiger partial charge in [0.15, 0.2) is 5.96 Å². The van der Waals surface area contributed by atoms with Gasteiger partial charge in [-0.3, -0.25) is 14.8 Å². The normalized spacial score (nSPS) is 24.2. The van der Waals surface area contributed by atoms with Crippen LogP contribution in [0.5, 0.6) is 0 Å². The van der Waals surface area contributed by atoms with Crippen molar-refractivity contribution in [2.45, 2.75) is 32.5 Å². The van der Waals surface area contributed by atoms with Crippen molar-refractivity contribution in [3.05, 3.63) is 21.3 Å². The number of aliphatic imine (C=N–C) groups is 1. The van der Waals surface area contributed by atoms with Gasteiger partial charge in [-0.2, -0.15) is 0 Å². The maximum absolute atomic E-state index is 6.04. The lowest BCUT2D eigenvalue weighted by Gasteiger charge is -2.39. The molecule has 2 saturated heterocycles. The van der Waals surface area contributed by atoms with Gasteiger partial charge in [0.1, 0.15) is 0 Å². The molecule has 8 heteroatoms. The molecule has 0 radical (unpaired) electrons. The number of hydrogen-bond acceptors (Lipinski definition) is 5. The van der Waals surface area contributed by atoms with Crippen molar-refractivity contribution < 1.29 is 4.74 Å². The van der Waals surface area contributed by atoms with Gasteiger partial charge in [-0.25, -0.2) is 0 Å². The van der Waals surface area contributed by atoms with Crippen LogP contribution in [0.1, 0.15) is 18.7 Å². The molecular formula is C19H32ClN5OS. The minimum absolute atomic E-state index is 0.463. The molecule has 2 aliphatic heterocycles. The van der Waals surface area contributed by atoms with E-state index in [-0.39, 0.29) is 0 Å². The number of ether oxygens (including phenoxy) is 1. The van der Waals surface area contributed by atoms with E-state index in [9.17, 15) is 0 Å². The first kappa shape index (κ1) is 20.9. The lowest BCUT2D eigenvalue weighted by Crippen LogP contribution is -2.55. The first-order valence-electron chi connectivity index (χ1n) is 9.82. The number of guanidine groups is 1. The van der Waals surface area contributed by atoms with E-state index >= 15 is 0 Å². The first-order valence-corrected chi connectivity index (χ1v) is 11.0. The second-order valence-electron chi connectivity index (χ2n) is 7.41. The Balaban J connectivity index is 1.43. The second-order valence-corrected chi connectivity index (χ2v) is 9.21. The van der Waals surface area contributed by atoms with Crippen molar-refractivity contribution >= 4 is 28.9 Å². The topological polar surface area (TPSA) is 43.3 Å². The van der Waals surface area contributed by atoms with Gasteiger partial charge in [0.2, 0.25) is 0 Å². The summed E-state index contributed by atoms with van der Waals surface area (Å²) in [4.78, 5) is 13.2. The summed E-state index contributed by atoms with van der Waals surface area (Å²) in [5, 5.41) is 3.58. The smallest absolute Gasteiger partial charge is 0.193 e. The van der Waals surface area contributed by atoms with Gasteiger partial charge in [-0.1, -0.05) is 11.6 Å². The monoisotopic (exact) mass is 413 g/mol. The number of hydrogen-bond donors (Lipinski definition) is 1. The van der Waals surface area contributed by atoms with E-state index < -0.39 is 0 Å². The van der Waals surface area contributed by atoms with Crippen molar-refractivity contribution in [3.63, 3.8) is 0 Å². The minimum Gasteiger partial charge on any atom is -0.379 e. The molecule has 6 nitrogen and oxygen atoms in total. The van der Waals surface area contributed by atoms with Crippen LogP contribution < -0.4 is 5.32 Å². The molecule has 27 heavy (non-hydrogen) atoms. The summed E-state index contributed by atoms with van der Waals surface area (Å²) in [6.45, 7) is 13.2. The van der Waals surface area contributed by atoms with Crippen LogP contribution >= 0.6 is 22.9 Å². The Hall–Kier alpha value is -0.860. The first-order chi connectivity index (χ1) is 13.1. The summed E-state index contributed by atoms with van der Waals surface area (Å²) in [5.41, 5.74) is 0. The van der Waals surface area contributed by atoms with Gasteiger partial charge < -0.3 is 15.0 Å². The third-order valence-electron chi connectivity index (χ3n) is 5.43. The third kappa shape index (κ3) is 5.81. The van der Waals surface area contributed by atoms with E-state index in [2.05, 4.69) is 44.9 Å². The standard InChI is InChI=1S/C19H32ClN5OS/c1-15(25-10-11-26-14-16(25)2)12-22-19(21-3)24-8-6-23(7-9-24)13-17-4-5-18(20)27-17/h4-5,15-16H,6-14H2,1-3H3,(H,21,22). The highest BCUT2D eigenvalue weighted by Crippen LogP contribution is 2.23. The van der Waals surface area contributed by atoms with Crippen LogP contribution in [0.2, 0.25) is 4.34 Å². The fourth-order valence-electron chi connectivity index (χ4n) is 3.86. The third-order valence-corrected chi connectivity index (χ3v) is 6.65. The number of morpholine rings is 1. The number of thiophene rings is 1. The quantitative estimate of drug-likeness (QED) is 0.592. The van der Waals surface area contributed by atoms with Crippen molar-refractivity contribution in [2.24, 2.45) is 4.99 Å². The van der Waals surface area contributed by atoms with Gasteiger partial charge in [0, 0.05) is 69.8 Å². The van der Waals surface area contributed by atoms with E-state index in [1.807, 2.05) is 13.1 Å². The highest BCUT2D eigenvalue weighted by atomic mass is 35.5. The molecule has 2 unspecified atom stereocenters. The maximum atomic E-state index is 6.04. The summed E-state index contributed by atoms with van der Waals surface area (Å²) in [6.07, 6.45) is 0. The molecule has 3 heterocycles. The molecule has 1 N–H and O–H groups in total. The van der Waals surface area contributed by atoms with E-state index in [4.69, 9.17) is 16.3 Å². The fourth-order valence-corrected chi connectivity index (χ4v) is 4.99. The number of nitrogens with zero attached hydrogens (tertiary/aromatic N) is 4. The molecule has 0 spiro atoms. The lowest BCUT2D eigenvalue weighted by atomic mass is 10.2. The van der Waals surface area contributed by atoms with Gasteiger partial charge >= 0.3 is 0 Å². The van der Waals surface area contributed by atoms with Crippen LogP contribution in [0.4, 0.5) is 0 Å². The lowest BCUT2D eigenvalue weighted by molar-refractivity contribution is -0.0175. The van der Waals surface area contributed by atoms with Gasteiger partial charge in [0.05, 0.1) is 17.6 Å². The van der Waals surface area contributed by atoms with Crippen LogP contribution in [0.3, 0.4) is 0 Å². The van der Waals surface area contributed by atoms with E-state index in [0.717, 1.165) is 69.3 Å². The number of halogens is 1. The Morgan fingerprint density at radius 2 is 2.11 bits per heavy atom. The van der Waals surface area contributed by atoms with E-state index in [1.54, 1.807) is 11.3 Å². The largest absolute Gasteiger partial charge is 0.379 e. The zero-order valence-electron chi connectivity index (χ0n) is 16.7. The Labute approximate surface area is 172 Å². The number of rotatable bonds is 5. The predicted molar refractivity (Wildman–Crippen MR) is 114 cm³/mol. The molecule has 3 rings (SSSR count). The van der Waals surface area contributed by atoms with Crippen molar-refractivity contribution in [1.82, 2.24) is 20.0 Å². The SMILES string of the molecule is CN=C(NCC(C)N1CCOCC1C)N1CCN(Cc2ccc(Cl)s2)CC1. The van der Waals surface area contributed by atoms with Crippen molar-refractivity contribution in [2.75, 3.05) is 59.5 Å². The zero-order valence-corrected chi connectivity index (χ0v) is 18.2. The van der Waals surface area contributed by atoms with E-state index in [0.29, 0.717) is 12.1 Å². The van der Waals surface area contributed by atoms with Crippen LogP contribution in [0, 0.1) is 0 Å². The Bertz CT molecular complexity index is 617. The van der Waals surface area contributed by atoms with Crippen molar-refractivity contribution in [3.8, 4) is 0 Å². The molecule has 0 saturated carbocycles. The molecule has 0 amide bonds. The average Bonchev–Trinajstić information content (AvgIpc) is 3.08. The maximum Gasteiger partial charge on any atom is 0.193 e. The molecule has 0 aromatic carbocycles. The Morgan fingerprint density at radius 1 is 1.33 bits per heavy atom. The summed E-state index contributed by atoms with van der Waals surface area (Å²) in [6, 6.07) is 5.06. The predicted octanol–water partition coefficient (Wildman–Crippen LogP) is 2.20. The molecule has 1 aromatic rings. The highest BCUT2D eigenvalue weighted by molar-refractivity contribution is 7.16. The molecule has 1 aromatic heterocycles. The van der Waals surface area contributed by atoms with Gasteiger partial charge in [-0.05, 0) is 26.0 Å². The van der Waals surface area contributed by atoms with Crippen molar-refractivity contribution in [1.29, 1.82) is 0 Å². The number of nitrogens with one attached hydrogen (secondary N) is 1. The average molecular weight is 414 g/mol. The van der Waals surface area contributed by atoms with Crippen LogP contribution in [0.15, 0.2) is 17.1 Å². The van der Waals surface area contributed by atoms with Gasteiger partial charge in [0.25, 0.3) is 0 Å². The van der Waals surface area contributed by atoms with Crippen LogP contribution in [-0.4, -0.2) is 92.3 Å².